The molecule has 1 aromatic heterocycles. The highest BCUT2D eigenvalue weighted by Crippen LogP contribution is 2.47. The van der Waals surface area contributed by atoms with Gasteiger partial charge in [-0.1, -0.05) is 13.0 Å². The zero-order chi connectivity index (χ0) is 16.9. The first-order chi connectivity index (χ1) is 11.6. The summed E-state index contributed by atoms with van der Waals surface area (Å²) < 4.78 is 18.9. The van der Waals surface area contributed by atoms with Crippen molar-refractivity contribution in [1.29, 1.82) is 0 Å². The van der Waals surface area contributed by atoms with Crippen LogP contribution in [0.5, 0.6) is 0 Å². The second-order valence-corrected chi connectivity index (χ2v) is 6.42. The smallest absolute Gasteiger partial charge is 0.251 e. The fourth-order valence-electron chi connectivity index (χ4n) is 2.77. The van der Waals surface area contributed by atoms with Gasteiger partial charge in [0, 0.05) is 18.0 Å². The third kappa shape index (κ3) is 4.45. The number of furan rings is 1. The number of carbonyl (C=O) groups excluding carboxylic acids is 1. The number of amides is 1. The molecule has 1 heterocycles. The minimum absolute atomic E-state index is 0.247. The molecular formula is C19H23FN2O2. The van der Waals surface area contributed by atoms with Crippen molar-refractivity contribution < 1.29 is 13.6 Å². The number of rotatable bonds is 8. The van der Waals surface area contributed by atoms with Crippen molar-refractivity contribution in [2.24, 2.45) is 5.92 Å². The van der Waals surface area contributed by atoms with Crippen LogP contribution < -0.4 is 10.6 Å². The van der Waals surface area contributed by atoms with Gasteiger partial charge in [-0.2, -0.15) is 0 Å². The average molecular weight is 330 g/mol. The summed E-state index contributed by atoms with van der Waals surface area (Å²) in [4.78, 5) is 11.8. The first kappa shape index (κ1) is 16.7. The van der Waals surface area contributed by atoms with Gasteiger partial charge in [0.25, 0.3) is 5.91 Å². The highest BCUT2D eigenvalue weighted by Gasteiger charge is 2.36. The number of nitrogens with one attached hydrogen (secondary N) is 2. The highest BCUT2D eigenvalue weighted by atomic mass is 19.1. The summed E-state index contributed by atoms with van der Waals surface area (Å²) in [5.74, 6) is 2.76. The number of hydrogen-bond donors (Lipinski definition) is 2. The fraction of sp³-hybridized carbons (Fsp3) is 0.421. The molecule has 1 saturated carbocycles. The minimum atomic E-state index is -0.400. The first-order valence-electron chi connectivity index (χ1n) is 8.46. The van der Waals surface area contributed by atoms with Gasteiger partial charge < -0.3 is 15.1 Å². The second-order valence-electron chi connectivity index (χ2n) is 6.42. The Kier molecular flexibility index (Phi) is 5.30. The first-order valence-corrected chi connectivity index (χ1v) is 8.46. The molecule has 2 atom stereocenters. The van der Waals surface area contributed by atoms with Crippen LogP contribution in [0.15, 0.2) is 40.8 Å². The predicted molar refractivity (Wildman–Crippen MR) is 90.3 cm³/mol. The van der Waals surface area contributed by atoms with E-state index in [1.54, 1.807) is 6.07 Å². The Hall–Kier alpha value is -2.14. The molecule has 128 valence electrons. The molecule has 1 amide bonds. The third-order valence-electron chi connectivity index (χ3n) is 4.36. The van der Waals surface area contributed by atoms with Crippen LogP contribution in [0.25, 0.3) is 0 Å². The zero-order valence-corrected chi connectivity index (χ0v) is 13.8. The maximum atomic E-state index is 13.1. The van der Waals surface area contributed by atoms with Crippen molar-refractivity contribution >= 4 is 5.91 Å². The molecular weight excluding hydrogens is 307 g/mol. The van der Waals surface area contributed by atoms with Crippen molar-refractivity contribution in [3.8, 4) is 0 Å². The van der Waals surface area contributed by atoms with E-state index in [9.17, 15) is 9.18 Å². The van der Waals surface area contributed by atoms with E-state index in [2.05, 4.69) is 23.6 Å². The van der Waals surface area contributed by atoms with Gasteiger partial charge >= 0.3 is 0 Å². The lowest BCUT2D eigenvalue weighted by atomic mass is 10.2. The van der Waals surface area contributed by atoms with Gasteiger partial charge in [-0.05, 0) is 55.6 Å². The van der Waals surface area contributed by atoms with Crippen LogP contribution in [0.2, 0.25) is 0 Å². The summed E-state index contributed by atoms with van der Waals surface area (Å²) in [6.45, 7) is 4.26. The van der Waals surface area contributed by atoms with Gasteiger partial charge in [-0.15, -0.1) is 0 Å². The Balaban J connectivity index is 1.30. The summed E-state index contributed by atoms with van der Waals surface area (Å²) in [6.07, 6.45) is 2.03. The summed E-state index contributed by atoms with van der Waals surface area (Å²) in [6, 6.07) is 9.80. The van der Waals surface area contributed by atoms with E-state index in [1.807, 2.05) is 6.07 Å². The van der Waals surface area contributed by atoms with Gasteiger partial charge in [0.15, 0.2) is 0 Å². The van der Waals surface area contributed by atoms with E-state index in [1.165, 1.54) is 24.6 Å². The predicted octanol–water partition coefficient (Wildman–Crippen LogP) is 3.45. The fourth-order valence-corrected chi connectivity index (χ4v) is 2.77. The monoisotopic (exact) mass is 330 g/mol. The van der Waals surface area contributed by atoms with Crippen LogP contribution in [0, 0.1) is 11.7 Å². The lowest BCUT2D eigenvalue weighted by Crippen LogP contribution is -2.27. The molecule has 0 radical (unpaired) electrons. The number of halogens is 1. The summed E-state index contributed by atoms with van der Waals surface area (Å²) >= 11 is 0. The van der Waals surface area contributed by atoms with Crippen molar-refractivity contribution in [2.45, 2.75) is 32.2 Å². The minimum Gasteiger partial charge on any atom is -0.464 e. The van der Waals surface area contributed by atoms with E-state index in [0.29, 0.717) is 24.6 Å². The molecule has 24 heavy (non-hydrogen) atoms. The van der Waals surface area contributed by atoms with Crippen molar-refractivity contribution in [1.82, 2.24) is 10.6 Å². The molecule has 2 N–H and O–H groups in total. The zero-order valence-electron chi connectivity index (χ0n) is 13.8. The van der Waals surface area contributed by atoms with E-state index in [4.69, 9.17) is 4.42 Å². The molecule has 0 saturated heterocycles. The van der Waals surface area contributed by atoms with Crippen LogP contribution in [0.4, 0.5) is 4.39 Å². The summed E-state index contributed by atoms with van der Waals surface area (Å²) in [5, 5.41) is 6.09. The standard InChI is InChI=1S/C19H23FN2O2/c1-13-10-17(13)18-7-6-16(24-18)12-21-8-3-9-22-19(23)14-4-2-5-15(20)11-14/h2,4-7,11,13,17,21H,3,8-10,12H2,1H3,(H,22,23). The van der Waals surface area contributed by atoms with Crippen molar-refractivity contribution in [3.63, 3.8) is 0 Å². The highest BCUT2D eigenvalue weighted by molar-refractivity contribution is 5.94. The second kappa shape index (κ2) is 7.62. The lowest BCUT2D eigenvalue weighted by molar-refractivity contribution is 0.0952. The summed E-state index contributed by atoms with van der Waals surface area (Å²) in [5.41, 5.74) is 0.348. The van der Waals surface area contributed by atoms with Gasteiger partial charge in [0.1, 0.15) is 17.3 Å². The van der Waals surface area contributed by atoms with Crippen molar-refractivity contribution in [3.05, 3.63) is 59.3 Å². The molecule has 1 aliphatic rings. The Bertz CT molecular complexity index is 698. The average Bonchev–Trinajstić information content (AvgIpc) is 3.11. The van der Waals surface area contributed by atoms with E-state index >= 15 is 0 Å². The van der Waals surface area contributed by atoms with Gasteiger partial charge in [0.2, 0.25) is 0 Å². The molecule has 3 rings (SSSR count). The third-order valence-corrected chi connectivity index (χ3v) is 4.36. The van der Waals surface area contributed by atoms with Gasteiger partial charge in [-0.3, -0.25) is 4.79 Å². The molecule has 1 aromatic carbocycles. The molecule has 2 unspecified atom stereocenters. The Morgan fingerprint density at radius 1 is 1.29 bits per heavy atom. The van der Waals surface area contributed by atoms with Gasteiger partial charge in [0.05, 0.1) is 6.54 Å². The number of carbonyl (C=O) groups is 1. The maximum Gasteiger partial charge on any atom is 0.251 e. The largest absolute Gasteiger partial charge is 0.464 e. The molecule has 0 aliphatic heterocycles. The summed E-state index contributed by atoms with van der Waals surface area (Å²) in [7, 11) is 0. The van der Waals surface area contributed by atoms with Crippen LogP contribution in [-0.4, -0.2) is 19.0 Å². The normalized spacial score (nSPS) is 19.2. The lowest BCUT2D eigenvalue weighted by Gasteiger charge is -2.06. The van der Waals surface area contributed by atoms with Crippen molar-refractivity contribution in [2.75, 3.05) is 13.1 Å². The molecule has 1 aliphatic carbocycles. The molecule has 5 heteroatoms. The quantitative estimate of drug-likeness (QED) is 0.729. The molecule has 4 nitrogen and oxygen atoms in total. The van der Waals surface area contributed by atoms with Crippen LogP contribution in [0.1, 0.15) is 47.6 Å². The molecule has 0 bridgehead atoms. The number of benzene rings is 1. The Labute approximate surface area is 141 Å². The van der Waals surface area contributed by atoms with Crippen LogP contribution >= 0.6 is 0 Å². The van der Waals surface area contributed by atoms with E-state index < -0.39 is 5.82 Å². The van der Waals surface area contributed by atoms with Gasteiger partial charge in [-0.25, -0.2) is 4.39 Å². The van der Waals surface area contributed by atoms with E-state index in [-0.39, 0.29) is 5.91 Å². The van der Waals surface area contributed by atoms with Crippen LogP contribution in [-0.2, 0) is 6.54 Å². The number of hydrogen-bond acceptors (Lipinski definition) is 3. The molecule has 0 spiro atoms. The SMILES string of the molecule is CC1CC1c1ccc(CNCCCNC(=O)c2cccc(F)c2)o1. The Morgan fingerprint density at radius 3 is 2.88 bits per heavy atom. The topological polar surface area (TPSA) is 54.3 Å². The Morgan fingerprint density at radius 2 is 2.12 bits per heavy atom. The van der Waals surface area contributed by atoms with E-state index in [0.717, 1.165) is 30.4 Å². The molecule has 1 fully saturated rings. The van der Waals surface area contributed by atoms with Crippen LogP contribution in [0.3, 0.4) is 0 Å². The molecule has 2 aromatic rings. The maximum absolute atomic E-state index is 13.1.